The van der Waals surface area contributed by atoms with Crippen LogP contribution in [-0.2, 0) is 14.3 Å². The first-order valence-electron chi connectivity index (χ1n) is 7.65. The Morgan fingerprint density at radius 2 is 1.69 bits per heavy atom. The molecule has 2 amide bonds. The van der Waals surface area contributed by atoms with Gasteiger partial charge in [0, 0.05) is 5.69 Å². The average molecular weight is 362 g/mol. The third-order valence-corrected chi connectivity index (χ3v) is 3.30. The van der Waals surface area contributed by atoms with E-state index in [0.717, 1.165) is 6.07 Å². The molecule has 2 N–H and O–H groups in total. The quantitative estimate of drug-likeness (QED) is 0.772. The van der Waals surface area contributed by atoms with E-state index in [4.69, 9.17) is 4.74 Å². The molecule has 136 valence electrons. The molecule has 0 fully saturated rings. The Morgan fingerprint density at radius 1 is 1.04 bits per heavy atom. The zero-order chi connectivity index (χ0) is 19.1. The van der Waals surface area contributed by atoms with Crippen LogP contribution in [0.3, 0.4) is 0 Å². The van der Waals surface area contributed by atoms with E-state index in [0.29, 0.717) is 5.69 Å². The van der Waals surface area contributed by atoms with E-state index < -0.39 is 42.1 Å². The normalized spacial score (nSPS) is 11.3. The number of hydrogen-bond acceptors (Lipinski definition) is 4. The van der Waals surface area contributed by atoms with Crippen LogP contribution >= 0.6 is 0 Å². The van der Waals surface area contributed by atoms with Crippen LogP contribution in [-0.4, -0.2) is 30.4 Å². The first-order chi connectivity index (χ1) is 12.4. The maximum atomic E-state index is 13.5. The Kier molecular flexibility index (Phi) is 6.37. The van der Waals surface area contributed by atoms with Crippen molar-refractivity contribution >= 4 is 23.5 Å². The number of rotatable bonds is 6. The highest BCUT2D eigenvalue weighted by Gasteiger charge is 2.19. The zero-order valence-electron chi connectivity index (χ0n) is 13.8. The minimum absolute atomic E-state index is 0.206. The predicted octanol–water partition coefficient (Wildman–Crippen LogP) is 2.26. The van der Waals surface area contributed by atoms with Gasteiger partial charge in [-0.1, -0.05) is 12.1 Å². The summed E-state index contributed by atoms with van der Waals surface area (Å²) in [7, 11) is 0. The van der Waals surface area contributed by atoms with Crippen molar-refractivity contribution in [2.24, 2.45) is 0 Å². The van der Waals surface area contributed by atoms with Gasteiger partial charge in [-0.25, -0.2) is 8.78 Å². The van der Waals surface area contributed by atoms with Gasteiger partial charge in [0.25, 0.3) is 11.8 Å². The van der Waals surface area contributed by atoms with Gasteiger partial charge >= 0.3 is 5.97 Å². The van der Waals surface area contributed by atoms with E-state index in [1.54, 1.807) is 0 Å². The van der Waals surface area contributed by atoms with Crippen LogP contribution < -0.4 is 10.6 Å². The molecule has 0 bridgehead atoms. The number of benzene rings is 2. The molecule has 0 spiro atoms. The van der Waals surface area contributed by atoms with Crippen LogP contribution in [0.25, 0.3) is 0 Å². The molecule has 0 aliphatic rings. The lowest BCUT2D eigenvalue weighted by atomic mass is 10.2. The first kappa shape index (κ1) is 19.0. The highest BCUT2D eigenvalue weighted by molar-refractivity contribution is 5.97. The van der Waals surface area contributed by atoms with Gasteiger partial charge in [-0.3, -0.25) is 14.4 Å². The smallest absolute Gasteiger partial charge is 0.326 e. The van der Waals surface area contributed by atoms with Crippen LogP contribution in [0.2, 0.25) is 0 Å². The SMILES string of the molecule is C[C@@H](OC(=O)CNC(=O)c1ccccc1F)C(=O)Nc1ccc(F)cc1. The minimum atomic E-state index is -1.14. The first-order valence-corrected chi connectivity index (χ1v) is 7.65. The second kappa shape index (κ2) is 8.70. The summed E-state index contributed by atoms with van der Waals surface area (Å²) in [5, 5.41) is 4.67. The Labute approximate surface area is 148 Å². The lowest BCUT2D eigenvalue weighted by Gasteiger charge is -2.14. The van der Waals surface area contributed by atoms with Crippen LogP contribution in [0.15, 0.2) is 48.5 Å². The number of hydrogen-bond donors (Lipinski definition) is 2. The molecule has 6 nitrogen and oxygen atoms in total. The van der Waals surface area contributed by atoms with Gasteiger partial charge in [0.2, 0.25) is 0 Å². The van der Waals surface area contributed by atoms with E-state index in [2.05, 4.69) is 10.6 Å². The molecular formula is C18H16F2N2O4. The molecule has 0 saturated heterocycles. The fourth-order valence-corrected chi connectivity index (χ4v) is 1.96. The molecule has 0 unspecified atom stereocenters. The standard InChI is InChI=1S/C18H16F2N2O4/c1-11(17(24)22-13-8-6-12(19)7-9-13)26-16(23)10-21-18(25)14-4-2-3-5-15(14)20/h2-9,11H,10H2,1H3,(H,21,25)(H,22,24)/t11-/m1/s1. The second-order valence-electron chi connectivity index (χ2n) is 5.29. The summed E-state index contributed by atoms with van der Waals surface area (Å²) < 4.78 is 31.2. The third kappa shape index (κ3) is 5.37. The fourth-order valence-electron chi connectivity index (χ4n) is 1.96. The monoisotopic (exact) mass is 362 g/mol. The number of nitrogens with one attached hydrogen (secondary N) is 2. The van der Waals surface area contributed by atoms with Crippen molar-refractivity contribution in [2.45, 2.75) is 13.0 Å². The number of ether oxygens (including phenoxy) is 1. The molecule has 0 saturated carbocycles. The number of esters is 1. The molecule has 2 aromatic rings. The summed E-state index contributed by atoms with van der Waals surface area (Å²) in [6.07, 6.45) is -1.14. The van der Waals surface area contributed by atoms with Crippen molar-refractivity contribution < 1.29 is 27.9 Å². The summed E-state index contributed by atoms with van der Waals surface area (Å²) in [5.41, 5.74) is 0.134. The third-order valence-electron chi connectivity index (χ3n) is 3.30. The lowest BCUT2D eigenvalue weighted by Crippen LogP contribution is -2.36. The summed E-state index contributed by atoms with van der Waals surface area (Å²) in [6, 6.07) is 10.4. The second-order valence-corrected chi connectivity index (χ2v) is 5.29. The van der Waals surface area contributed by atoms with Gasteiger partial charge in [0.15, 0.2) is 6.10 Å². The van der Waals surface area contributed by atoms with Crippen LogP contribution in [0, 0.1) is 11.6 Å². The molecular weight excluding hydrogens is 346 g/mol. The number of carbonyl (C=O) groups is 3. The molecule has 1 atom stereocenters. The van der Waals surface area contributed by atoms with Gasteiger partial charge in [0.1, 0.15) is 18.2 Å². The van der Waals surface area contributed by atoms with E-state index in [9.17, 15) is 23.2 Å². The Bertz CT molecular complexity index is 809. The van der Waals surface area contributed by atoms with Gasteiger partial charge < -0.3 is 15.4 Å². The number of carbonyl (C=O) groups excluding carboxylic acids is 3. The Morgan fingerprint density at radius 3 is 2.35 bits per heavy atom. The largest absolute Gasteiger partial charge is 0.451 e. The molecule has 0 aliphatic heterocycles. The molecule has 0 aliphatic carbocycles. The molecule has 2 rings (SSSR count). The van der Waals surface area contributed by atoms with Crippen molar-refractivity contribution in [3.05, 3.63) is 65.7 Å². The number of amides is 2. The fraction of sp³-hybridized carbons (Fsp3) is 0.167. The molecule has 2 aromatic carbocycles. The lowest BCUT2D eigenvalue weighted by molar-refractivity contribution is -0.152. The summed E-state index contributed by atoms with van der Waals surface area (Å²) >= 11 is 0. The van der Waals surface area contributed by atoms with Crippen LogP contribution in [0.1, 0.15) is 17.3 Å². The van der Waals surface area contributed by atoms with Gasteiger partial charge in [-0.05, 0) is 43.3 Å². The van der Waals surface area contributed by atoms with Gasteiger partial charge in [-0.2, -0.15) is 0 Å². The Balaban J connectivity index is 1.81. The van der Waals surface area contributed by atoms with Crippen LogP contribution in [0.5, 0.6) is 0 Å². The van der Waals surface area contributed by atoms with Crippen molar-refractivity contribution in [3.8, 4) is 0 Å². The van der Waals surface area contributed by atoms with E-state index >= 15 is 0 Å². The van der Waals surface area contributed by atoms with E-state index in [-0.39, 0.29) is 5.56 Å². The Hall–Kier alpha value is -3.29. The highest BCUT2D eigenvalue weighted by atomic mass is 19.1. The van der Waals surface area contributed by atoms with Crippen molar-refractivity contribution in [1.29, 1.82) is 0 Å². The van der Waals surface area contributed by atoms with Crippen molar-refractivity contribution in [2.75, 3.05) is 11.9 Å². The summed E-state index contributed by atoms with van der Waals surface area (Å²) in [4.78, 5) is 35.4. The van der Waals surface area contributed by atoms with Gasteiger partial charge in [-0.15, -0.1) is 0 Å². The molecule has 0 aromatic heterocycles. The minimum Gasteiger partial charge on any atom is -0.451 e. The summed E-state index contributed by atoms with van der Waals surface area (Å²) in [6.45, 7) is 0.816. The maximum Gasteiger partial charge on any atom is 0.326 e. The zero-order valence-corrected chi connectivity index (χ0v) is 13.8. The highest BCUT2D eigenvalue weighted by Crippen LogP contribution is 2.09. The van der Waals surface area contributed by atoms with Gasteiger partial charge in [0.05, 0.1) is 5.56 Å². The van der Waals surface area contributed by atoms with Crippen LogP contribution in [0.4, 0.5) is 14.5 Å². The maximum absolute atomic E-state index is 13.5. The van der Waals surface area contributed by atoms with Crippen molar-refractivity contribution in [3.63, 3.8) is 0 Å². The number of anilines is 1. The van der Waals surface area contributed by atoms with E-state index in [1.165, 1.54) is 49.4 Å². The van der Waals surface area contributed by atoms with E-state index in [1.807, 2.05) is 0 Å². The predicted molar refractivity (Wildman–Crippen MR) is 89.3 cm³/mol. The van der Waals surface area contributed by atoms with Crippen molar-refractivity contribution in [1.82, 2.24) is 5.32 Å². The number of halogens is 2. The average Bonchev–Trinajstić information content (AvgIpc) is 2.62. The topological polar surface area (TPSA) is 84.5 Å². The molecule has 26 heavy (non-hydrogen) atoms. The summed E-state index contributed by atoms with van der Waals surface area (Å²) in [5.74, 6) is -3.43. The molecule has 0 heterocycles. The molecule has 8 heteroatoms. The molecule has 0 radical (unpaired) electrons.